The maximum Gasteiger partial charge on any atom is 0.188 e. The molecular weight excluding hydrogens is 258 g/mol. The molecule has 0 radical (unpaired) electrons. The number of nitrogens with one attached hydrogen (secondary N) is 1. The average Bonchev–Trinajstić information content (AvgIpc) is 2.39. The summed E-state index contributed by atoms with van der Waals surface area (Å²) in [6, 6.07) is 0.320. The summed E-state index contributed by atoms with van der Waals surface area (Å²) in [4.78, 5) is 9.01. The third kappa shape index (κ3) is 5.47. The van der Waals surface area contributed by atoms with Gasteiger partial charge in [0.15, 0.2) is 5.16 Å². The molecule has 0 spiro atoms. The van der Waals surface area contributed by atoms with Crippen LogP contribution in [0.4, 0.5) is 0 Å². The fourth-order valence-electron chi connectivity index (χ4n) is 1.73. The molecule has 0 saturated heterocycles. The Hall–Kier alpha value is -0.650. The first kappa shape index (κ1) is 16.4. The summed E-state index contributed by atoms with van der Waals surface area (Å²) < 4.78 is 0. The molecule has 0 aliphatic rings. The maximum absolute atomic E-state index is 9.08. The van der Waals surface area contributed by atoms with Crippen molar-refractivity contribution >= 4 is 11.8 Å². The molecule has 0 aliphatic carbocycles. The quantitative estimate of drug-likeness (QED) is 0.566. The predicted octanol–water partition coefficient (Wildman–Crippen LogP) is 2.24. The average molecular weight is 283 g/mol. The van der Waals surface area contributed by atoms with Gasteiger partial charge in [0.1, 0.15) is 0 Å². The summed E-state index contributed by atoms with van der Waals surface area (Å²) in [5.41, 5.74) is 3.27. The van der Waals surface area contributed by atoms with Crippen LogP contribution in [-0.4, -0.2) is 40.0 Å². The third-order valence-electron chi connectivity index (χ3n) is 3.19. The molecule has 1 heterocycles. The van der Waals surface area contributed by atoms with Crippen molar-refractivity contribution in [2.45, 2.75) is 51.7 Å². The van der Waals surface area contributed by atoms with Crippen LogP contribution in [-0.2, 0) is 0 Å². The van der Waals surface area contributed by atoms with E-state index in [0.29, 0.717) is 6.04 Å². The van der Waals surface area contributed by atoms with Gasteiger partial charge < -0.3 is 10.4 Å². The minimum Gasteiger partial charge on any atom is -0.396 e. The number of aromatic nitrogens is 2. The zero-order chi connectivity index (χ0) is 14.3. The molecule has 1 aromatic rings. The summed E-state index contributed by atoms with van der Waals surface area (Å²) in [5.74, 6) is 0.891. The Morgan fingerprint density at radius 3 is 2.37 bits per heavy atom. The van der Waals surface area contributed by atoms with Gasteiger partial charge in [-0.05, 0) is 45.7 Å². The van der Waals surface area contributed by atoms with Crippen molar-refractivity contribution in [1.82, 2.24) is 15.3 Å². The van der Waals surface area contributed by atoms with Crippen molar-refractivity contribution in [1.29, 1.82) is 0 Å². The smallest absolute Gasteiger partial charge is 0.188 e. The molecule has 19 heavy (non-hydrogen) atoms. The molecule has 1 atom stereocenters. The van der Waals surface area contributed by atoms with Crippen molar-refractivity contribution in [3.63, 3.8) is 0 Å². The van der Waals surface area contributed by atoms with Crippen LogP contribution in [0.5, 0.6) is 0 Å². The van der Waals surface area contributed by atoms with E-state index in [2.05, 4.69) is 29.1 Å². The SMILES string of the molecule is CCCNC(CCO)CSc1nc(C)c(C)c(C)n1. The standard InChI is InChI=1S/C14H25N3OS/c1-5-7-15-13(6-8-18)9-19-14-16-11(3)10(2)12(4)17-14/h13,15,18H,5-9H2,1-4H3. The van der Waals surface area contributed by atoms with E-state index >= 15 is 0 Å². The van der Waals surface area contributed by atoms with Crippen LogP contribution >= 0.6 is 11.8 Å². The predicted molar refractivity (Wildman–Crippen MR) is 80.8 cm³/mol. The molecule has 2 N–H and O–H groups in total. The van der Waals surface area contributed by atoms with Crippen molar-refractivity contribution in [3.05, 3.63) is 17.0 Å². The summed E-state index contributed by atoms with van der Waals surface area (Å²) in [7, 11) is 0. The third-order valence-corrected chi connectivity index (χ3v) is 4.20. The van der Waals surface area contributed by atoms with Gasteiger partial charge in [-0.1, -0.05) is 18.7 Å². The van der Waals surface area contributed by atoms with Crippen LogP contribution in [0.1, 0.15) is 36.7 Å². The van der Waals surface area contributed by atoms with Crippen LogP contribution in [0.25, 0.3) is 0 Å². The molecular formula is C14H25N3OS. The van der Waals surface area contributed by atoms with Gasteiger partial charge in [-0.25, -0.2) is 9.97 Å². The number of hydrogen-bond acceptors (Lipinski definition) is 5. The first-order chi connectivity index (χ1) is 9.08. The largest absolute Gasteiger partial charge is 0.396 e. The highest BCUT2D eigenvalue weighted by Gasteiger charge is 2.10. The lowest BCUT2D eigenvalue weighted by molar-refractivity contribution is 0.270. The number of rotatable bonds is 8. The van der Waals surface area contributed by atoms with Gasteiger partial charge in [0.2, 0.25) is 0 Å². The number of aryl methyl sites for hydroxylation is 2. The maximum atomic E-state index is 9.08. The van der Waals surface area contributed by atoms with Crippen molar-refractivity contribution in [2.24, 2.45) is 0 Å². The summed E-state index contributed by atoms with van der Waals surface area (Å²) in [6.45, 7) is 9.44. The lowest BCUT2D eigenvalue weighted by Crippen LogP contribution is -2.32. The summed E-state index contributed by atoms with van der Waals surface area (Å²) in [6.07, 6.45) is 1.88. The van der Waals surface area contributed by atoms with Crippen molar-refractivity contribution in [2.75, 3.05) is 18.9 Å². The fraction of sp³-hybridized carbons (Fsp3) is 0.714. The highest BCUT2D eigenvalue weighted by atomic mass is 32.2. The topological polar surface area (TPSA) is 58.0 Å². The van der Waals surface area contributed by atoms with E-state index in [1.807, 2.05) is 13.8 Å². The van der Waals surface area contributed by atoms with Crippen LogP contribution in [0.2, 0.25) is 0 Å². The van der Waals surface area contributed by atoms with Crippen molar-refractivity contribution < 1.29 is 5.11 Å². The molecule has 0 amide bonds. The first-order valence-corrected chi connectivity index (χ1v) is 7.85. The number of nitrogens with zero attached hydrogens (tertiary/aromatic N) is 2. The molecule has 0 bridgehead atoms. The van der Waals surface area contributed by atoms with Gasteiger partial charge in [-0.3, -0.25) is 0 Å². The van der Waals surface area contributed by atoms with E-state index in [1.165, 1.54) is 5.56 Å². The van der Waals surface area contributed by atoms with Crippen LogP contribution < -0.4 is 5.32 Å². The van der Waals surface area contributed by atoms with Gasteiger partial charge in [0.05, 0.1) is 0 Å². The molecule has 5 heteroatoms. The summed E-state index contributed by atoms with van der Waals surface area (Å²) in [5, 5.41) is 13.4. The molecule has 0 aromatic carbocycles. The monoisotopic (exact) mass is 283 g/mol. The van der Waals surface area contributed by atoms with Crippen LogP contribution in [0.3, 0.4) is 0 Å². The Morgan fingerprint density at radius 1 is 1.21 bits per heavy atom. The molecule has 1 aromatic heterocycles. The Bertz CT molecular complexity index is 375. The van der Waals surface area contributed by atoms with E-state index < -0.39 is 0 Å². The van der Waals surface area contributed by atoms with Gasteiger partial charge in [-0.2, -0.15) is 0 Å². The Balaban J connectivity index is 2.58. The van der Waals surface area contributed by atoms with Gasteiger partial charge in [-0.15, -0.1) is 0 Å². The molecule has 0 fully saturated rings. The second-order valence-electron chi connectivity index (χ2n) is 4.78. The fourth-order valence-corrected chi connectivity index (χ4v) is 2.77. The Kier molecular flexibility index (Phi) is 7.34. The van der Waals surface area contributed by atoms with E-state index in [0.717, 1.165) is 41.7 Å². The zero-order valence-corrected chi connectivity index (χ0v) is 13.2. The second kappa shape index (κ2) is 8.51. The van der Waals surface area contributed by atoms with E-state index in [4.69, 9.17) is 5.11 Å². The van der Waals surface area contributed by atoms with Gasteiger partial charge >= 0.3 is 0 Å². The van der Waals surface area contributed by atoms with Crippen molar-refractivity contribution in [3.8, 4) is 0 Å². The molecule has 0 aliphatic heterocycles. The summed E-state index contributed by atoms with van der Waals surface area (Å²) >= 11 is 1.66. The highest BCUT2D eigenvalue weighted by molar-refractivity contribution is 7.99. The Morgan fingerprint density at radius 2 is 1.84 bits per heavy atom. The molecule has 4 nitrogen and oxygen atoms in total. The number of aliphatic hydroxyl groups excluding tert-OH is 1. The van der Waals surface area contributed by atoms with E-state index in [-0.39, 0.29) is 6.61 Å². The van der Waals surface area contributed by atoms with Crippen LogP contribution in [0.15, 0.2) is 5.16 Å². The Labute approximate surface area is 120 Å². The molecule has 1 unspecified atom stereocenters. The minimum absolute atomic E-state index is 0.217. The normalized spacial score (nSPS) is 12.7. The second-order valence-corrected chi connectivity index (χ2v) is 5.76. The van der Waals surface area contributed by atoms with Gasteiger partial charge in [0.25, 0.3) is 0 Å². The first-order valence-electron chi connectivity index (χ1n) is 6.87. The van der Waals surface area contributed by atoms with E-state index in [9.17, 15) is 0 Å². The van der Waals surface area contributed by atoms with Gasteiger partial charge in [0, 0.05) is 29.8 Å². The lowest BCUT2D eigenvalue weighted by Gasteiger charge is -2.16. The molecule has 108 valence electrons. The minimum atomic E-state index is 0.217. The van der Waals surface area contributed by atoms with E-state index in [1.54, 1.807) is 11.8 Å². The number of thioether (sulfide) groups is 1. The molecule has 0 saturated carbocycles. The zero-order valence-electron chi connectivity index (χ0n) is 12.4. The lowest BCUT2D eigenvalue weighted by atomic mass is 10.2. The number of aliphatic hydroxyl groups is 1. The van der Waals surface area contributed by atoms with Crippen LogP contribution in [0, 0.1) is 20.8 Å². The number of hydrogen-bond donors (Lipinski definition) is 2. The highest BCUT2D eigenvalue weighted by Crippen LogP contribution is 2.18. The molecule has 1 rings (SSSR count).